The highest BCUT2D eigenvalue weighted by atomic mass is 35.5. The van der Waals surface area contributed by atoms with Crippen LogP contribution in [0.1, 0.15) is 11.1 Å². The van der Waals surface area contributed by atoms with E-state index < -0.39 is 0 Å². The summed E-state index contributed by atoms with van der Waals surface area (Å²) in [4.78, 5) is 4.10. The predicted octanol–water partition coefficient (Wildman–Crippen LogP) is 4.63. The second-order valence-electron chi connectivity index (χ2n) is 6.20. The Kier molecular flexibility index (Phi) is 7.67. The zero-order chi connectivity index (χ0) is 20.5. The van der Waals surface area contributed by atoms with Gasteiger partial charge in [0.2, 0.25) is 5.88 Å². The van der Waals surface area contributed by atoms with Gasteiger partial charge in [-0.15, -0.1) is 0 Å². The van der Waals surface area contributed by atoms with Gasteiger partial charge in [-0.25, -0.2) is 9.37 Å². The number of rotatable bonds is 10. The number of halogens is 2. The molecule has 0 aliphatic rings. The highest BCUT2D eigenvalue weighted by Gasteiger charge is 2.11. The normalized spacial score (nSPS) is 10.6. The maximum atomic E-state index is 13.0. The van der Waals surface area contributed by atoms with Gasteiger partial charge in [0.1, 0.15) is 19.0 Å². The molecule has 0 fully saturated rings. The first kappa shape index (κ1) is 20.9. The molecule has 0 atom stereocenters. The van der Waals surface area contributed by atoms with Crippen LogP contribution in [0.15, 0.2) is 60.8 Å². The van der Waals surface area contributed by atoms with Crippen molar-refractivity contribution in [2.75, 3.05) is 20.3 Å². The van der Waals surface area contributed by atoms with Gasteiger partial charge in [-0.05, 0) is 35.4 Å². The van der Waals surface area contributed by atoms with Crippen molar-refractivity contribution in [3.05, 3.63) is 82.8 Å². The molecule has 7 heteroatoms. The summed E-state index contributed by atoms with van der Waals surface area (Å²) in [5.74, 6) is 1.43. The van der Waals surface area contributed by atoms with Gasteiger partial charge in [0, 0.05) is 36.4 Å². The summed E-state index contributed by atoms with van der Waals surface area (Å²) in [6.07, 6.45) is 1.69. The van der Waals surface area contributed by atoms with Gasteiger partial charge < -0.3 is 19.5 Å². The standard InChI is InChI=1S/C22H22ClFN2O3/c1-27-20-12-17(14-25-10-11-28-22-4-2-3-9-26-22)19(23)13-21(20)29-15-16-5-7-18(24)8-6-16/h2-9,12-13,25H,10-11,14-15H2,1H3. The molecule has 0 saturated carbocycles. The molecular weight excluding hydrogens is 395 g/mol. The lowest BCUT2D eigenvalue weighted by molar-refractivity contribution is 0.284. The van der Waals surface area contributed by atoms with Crippen LogP contribution in [0, 0.1) is 5.82 Å². The van der Waals surface area contributed by atoms with Crippen molar-refractivity contribution in [2.24, 2.45) is 0 Å². The van der Waals surface area contributed by atoms with E-state index in [0.717, 1.165) is 11.1 Å². The molecule has 0 aliphatic carbocycles. The zero-order valence-corrected chi connectivity index (χ0v) is 16.8. The Hall–Kier alpha value is -2.83. The number of benzene rings is 2. The van der Waals surface area contributed by atoms with Crippen LogP contribution in [0.3, 0.4) is 0 Å². The fraction of sp³-hybridized carbons (Fsp3) is 0.227. The van der Waals surface area contributed by atoms with Gasteiger partial charge in [0.25, 0.3) is 0 Å². The molecule has 0 bridgehead atoms. The Bertz CT molecular complexity index is 908. The molecule has 0 saturated heterocycles. The minimum absolute atomic E-state index is 0.281. The summed E-state index contributed by atoms with van der Waals surface area (Å²) >= 11 is 6.40. The molecule has 0 radical (unpaired) electrons. The zero-order valence-electron chi connectivity index (χ0n) is 16.0. The number of hydrogen-bond acceptors (Lipinski definition) is 5. The van der Waals surface area contributed by atoms with E-state index in [-0.39, 0.29) is 12.4 Å². The SMILES string of the molecule is COc1cc(CNCCOc2ccccn2)c(Cl)cc1OCc1ccc(F)cc1. The molecule has 152 valence electrons. The van der Waals surface area contributed by atoms with Gasteiger partial charge in [0.05, 0.1) is 7.11 Å². The highest BCUT2D eigenvalue weighted by Crippen LogP contribution is 2.34. The summed E-state index contributed by atoms with van der Waals surface area (Å²) in [5, 5.41) is 3.85. The lowest BCUT2D eigenvalue weighted by Gasteiger charge is -2.14. The highest BCUT2D eigenvalue weighted by molar-refractivity contribution is 6.31. The summed E-state index contributed by atoms with van der Waals surface area (Å²) in [6.45, 7) is 1.97. The van der Waals surface area contributed by atoms with Crippen LogP contribution in [0.5, 0.6) is 17.4 Å². The molecule has 3 rings (SSSR count). The molecular formula is C22H22ClFN2O3. The van der Waals surface area contributed by atoms with E-state index in [4.69, 9.17) is 25.8 Å². The topological polar surface area (TPSA) is 52.6 Å². The molecule has 3 aromatic rings. The number of methoxy groups -OCH3 is 1. The third kappa shape index (κ3) is 6.34. The van der Waals surface area contributed by atoms with Gasteiger partial charge in [0.15, 0.2) is 11.5 Å². The lowest BCUT2D eigenvalue weighted by atomic mass is 10.2. The quantitative estimate of drug-likeness (QED) is 0.488. The smallest absolute Gasteiger partial charge is 0.213 e. The Balaban J connectivity index is 1.52. The van der Waals surface area contributed by atoms with Gasteiger partial charge in [-0.1, -0.05) is 29.8 Å². The second kappa shape index (κ2) is 10.6. The van der Waals surface area contributed by atoms with E-state index in [1.807, 2.05) is 24.3 Å². The van der Waals surface area contributed by atoms with Crippen molar-refractivity contribution in [2.45, 2.75) is 13.2 Å². The average Bonchev–Trinajstić information content (AvgIpc) is 2.75. The number of hydrogen-bond donors (Lipinski definition) is 1. The van der Waals surface area contributed by atoms with Crippen LogP contribution in [-0.4, -0.2) is 25.2 Å². The largest absolute Gasteiger partial charge is 0.493 e. The van der Waals surface area contributed by atoms with Crippen molar-refractivity contribution in [1.82, 2.24) is 10.3 Å². The maximum Gasteiger partial charge on any atom is 0.213 e. The summed E-state index contributed by atoms with van der Waals surface area (Å²) in [7, 11) is 1.58. The van der Waals surface area contributed by atoms with Crippen LogP contribution < -0.4 is 19.5 Å². The Morgan fingerprint density at radius 2 is 1.86 bits per heavy atom. The Labute approximate surface area is 174 Å². The first-order chi connectivity index (χ1) is 14.2. The third-order valence-corrected chi connectivity index (χ3v) is 4.47. The molecule has 1 heterocycles. The molecule has 29 heavy (non-hydrogen) atoms. The average molecular weight is 417 g/mol. The molecule has 2 aromatic carbocycles. The van der Waals surface area contributed by atoms with Crippen LogP contribution in [0.25, 0.3) is 0 Å². The Morgan fingerprint density at radius 3 is 2.59 bits per heavy atom. The first-order valence-corrected chi connectivity index (χ1v) is 9.51. The molecule has 0 aliphatic heterocycles. The molecule has 1 N–H and O–H groups in total. The second-order valence-corrected chi connectivity index (χ2v) is 6.61. The fourth-order valence-electron chi connectivity index (χ4n) is 2.61. The summed E-state index contributed by atoms with van der Waals surface area (Å²) < 4.78 is 29.8. The lowest BCUT2D eigenvalue weighted by Crippen LogP contribution is -2.21. The van der Waals surface area contributed by atoms with E-state index in [0.29, 0.717) is 42.1 Å². The van der Waals surface area contributed by atoms with E-state index in [2.05, 4.69) is 10.3 Å². The fourth-order valence-corrected chi connectivity index (χ4v) is 2.83. The predicted molar refractivity (Wildman–Crippen MR) is 110 cm³/mol. The van der Waals surface area contributed by atoms with Crippen molar-refractivity contribution >= 4 is 11.6 Å². The van der Waals surface area contributed by atoms with Crippen molar-refractivity contribution < 1.29 is 18.6 Å². The monoisotopic (exact) mass is 416 g/mol. The number of nitrogens with one attached hydrogen (secondary N) is 1. The Morgan fingerprint density at radius 1 is 1.03 bits per heavy atom. The number of ether oxygens (including phenoxy) is 3. The van der Waals surface area contributed by atoms with Crippen molar-refractivity contribution in [3.63, 3.8) is 0 Å². The van der Waals surface area contributed by atoms with E-state index in [9.17, 15) is 4.39 Å². The van der Waals surface area contributed by atoms with Crippen LogP contribution >= 0.6 is 11.6 Å². The van der Waals surface area contributed by atoms with Crippen LogP contribution in [0.4, 0.5) is 4.39 Å². The number of nitrogens with zero attached hydrogens (tertiary/aromatic N) is 1. The summed E-state index contributed by atoms with van der Waals surface area (Å²) in [6, 6.07) is 15.2. The minimum atomic E-state index is -0.281. The molecule has 1 aromatic heterocycles. The van der Waals surface area contributed by atoms with Crippen molar-refractivity contribution in [1.29, 1.82) is 0 Å². The minimum Gasteiger partial charge on any atom is -0.493 e. The maximum absolute atomic E-state index is 13.0. The van der Waals surface area contributed by atoms with E-state index >= 15 is 0 Å². The van der Waals surface area contributed by atoms with Gasteiger partial charge >= 0.3 is 0 Å². The first-order valence-electron chi connectivity index (χ1n) is 9.14. The molecule has 0 unspecified atom stereocenters. The summed E-state index contributed by atoms with van der Waals surface area (Å²) in [5.41, 5.74) is 1.73. The van der Waals surface area contributed by atoms with E-state index in [1.165, 1.54) is 12.1 Å². The van der Waals surface area contributed by atoms with Gasteiger partial charge in [-0.2, -0.15) is 0 Å². The van der Waals surface area contributed by atoms with Crippen molar-refractivity contribution in [3.8, 4) is 17.4 Å². The van der Waals surface area contributed by atoms with Gasteiger partial charge in [-0.3, -0.25) is 0 Å². The van der Waals surface area contributed by atoms with Crippen LogP contribution in [0.2, 0.25) is 5.02 Å². The molecule has 0 spiro atoms. The number of aromatic nitrogens is 1. The molecule has 5 nitrogen and oxygen atoms in total. The number of pyridine rings is 1. The van der Waals surface area contributed by atoms with Crippen LogP contribution in [-0.2, 0) is 13.2 Å². The third-order valence-electron chi connectivity index (χ3n) is 4.12. The van der Waals surface area contributed by atoms with E-state index in [1.54, 1.807) is 31.5 Å². The molecule has 0 amide bonds.